The number of phenols is 1. The van der Waals surface area contributed by atoms with Gasteiger partial charge in [-0.25, -0.2) is 0 Å². The van der Waals surface area contributed by atoms with Gasteiger partial charge in [-0.15, -0.1) is 0 Å². The average molecular weight is 1310 g/mol. The van der Waals surface area contributed by atoms with E-state index in [1.807, 2.05) is 24.3 Å². The number of hydrogen-bond donors (Lipinski definition) is 14. The molecule has 0 aliphatic carbocycles. The first-order chi connectivity index (χ1) is 44.9. The van der Waals surface area contributed by atoms with Crippen molar-refractivity contribution in [1.82, 2.24) is 36.4 Å². The number of nitrogens with one attached hydrogen (secondary N) is 5. The lowest BCUT2D eigenvalue weighted by Gasteiger charge is -2.38. The fourth-order valence-electron chi connectivity index (χ4n) is 13.0. The topological polar surface area (TPSA) is 408 Å². The third-order valence-electron chi connectivity index (χ3n) is 18.0. The number of nitrogens with two attached hydrogens (primary N) is 2. The van der Waals surface area contributed by atoms with Gasteiger partial charge in [0.25, 0.3) is 5.91 Å². The fourth-order valence-corrected chi connectivity index (χ4v) is 13.0. The first-order valence-electron chi connectivity index (χ1n) is 32.2. The number of β-amino-alcohol motifs (C(OH)–C–C–N with tert-alkyl or cyclic N) is 1. The zero-order valence-corrected chi connectivity index (χ0v) is 53.3. The quantitative estimate of drug-likeness (QED) is 0.0558. The molecule has 1 unspecified atom stereocenters. The first-order valence-corrected chi connectivity index (χ1v) is 32.2. The second kappa shape index (κ2) is 31.4. The lowest BCUT2D eigenvalue weighted by molar-refractivity contribution is -0.147. The molecule has 5 heterocycles. The number of ether oxygens (including phenoxy) is 2. The number of anilines is 3. The van der Waals surface area contributed by atoms with Gasteiger partial charge in [0.2, 0.25) is 35.4 Å². The Balaban J connectivity index is 0.932. The normalized spacial score (nSPS) is 28.0. The molecule has 16 N–H and O–H groups in total. The number of fused-ring (bicyclic) bond motifs is 2. The molecule has 0 bridgehead atoms. The first kappa shape index (κ1) is 70.1. The van der Waals surface area contributed by atoms with Crippen molar-refractivity contribution < 1.29 is 78.8 Å². The summed E-state index contributed by atoms with van der Waals surface area (Å²) in [6, 6.07) is 16.4. The molecule has 0 aromatic heterocycles. The summed E-state index contributed by atoms with van der Waals surface area (Å²) >= 11 is 0. The van der Waals surface area contributed by atoms with E-state index >= 15 is 0 Å². The number of amides is 7. The summed E-state index contributed by atoms with van der Waals surface area (Å²) in [6.45, 7) is 10.3. The number of aliphatic hydroxyl groups is 6. The number of carbonyl (C=O) groups excluding carboxylic acids is 7. The van der Waals surface area contributed by atoms with Crippen LogP contribution < -0.4 is 57.5 Å². The van der Waals surface area contributed by atoms with Gasteiger partial charge >= 0.3 is 0 Å². The van der Waals surface area contributed by atoms with Crippen LogP contribution in [-0.4, -0.2) is 251 Å². The molecule has 9 rings (SSSR count). The highest BCUT2D eigenvalue weighted by atomic mass is 16.5. The van der Waals surface area contributed by atoms with E-state index in [-0.39, 0.29) is 67.5 Å². The predicted molar refractivity (Wildman–Crippen MR) is 346 cm³/mol. The van der Waals surface area contributed by atoms with Crippen LogP contribution in [0.3, 0.4) is 0 Å². The Kier molecular flexibility index (Phi) is 23.4. The van der Waals surface area contributed by atoms with Crippen LogP contribution in [0.4, 0.5) is 17.1 Å². The highest BCUT2D eigenvalue weighted by molar-refractivity contribution is 6.00. The number of piperazine rings is 1. The molecule has 5 saturated heterocycles. The second-order valence-electron chi connectivity index (χ2n) is 25.3. The van der Waals surface area contributed by atoms with Crippen LogP contribution in [0, 0.1) is 5.92 Å². The van der Waals surface area contributed by atoms with Crippen molar-refractivity contribution in [3.05, 3.63) is 102 Å². The van der Waals surface area contributed by atoms with Gasteiger partial charge in [-0.3, -0.25) is 33.6 Å². The van der Waals surface area contributed by atoms with Crippen LogP contribution in [0.5, 0.6) is 11.5 Å². The molecule has 0 radical (unpaired) electrons. The van der Waals surface area contributed by atoms with Gasteiger partial charge in [0.1, 0.15) is 42.9 Å². The number of carbonyl (C=O) groups is 7. The number of nitrogens with zero attached hydrogens (tertiary/aromatic N) is 5. The van der Waals surface area contributed by atoms with Gasteiger partial charge in [-0.1, -0.05) is 37.3 Å². The molecular formula is C66H90N12O16. The van der Waals surface area contributed by atoms with Crippen LogP contribution in [0.1, 0.15) is 62.9 Å². The monoisotopic (exact) mass is 1310 g/mol. The molecule has 0 spiro atoms. The van der Waals surface area contributed by atoms with Crippen LogP contribution in [-0.2, 0) is 39.9 Å². The Bertz CT molecular complexity index is 3280. The van der Waals surface area contributed by atoms with Crippen molar-refractivity contribution in [3.8, 4) is 22.6 Å². The van der Waals surface area contributed by atoms with Crippen LogP contribution in [0.25, 0.3) is 11.1 Å². The van der Waals surface area contributed by atoms with Gasteiger partial charge in [0, 0.05) is 113 Å². The SMILES string of the molecule is C[C@@H]1CN(c2ccc(N3CCN(c4ccc(-c5ccc(C(=O)NC6C[C@@H](O)CNC(=O)[C@@H]7[C@@H](O)[C@@H](C)CN7C(=O)[C@H]([C@H](O)CCN)NC(=O)[C@H]([C@H](O)Cc7ccc(O)c(OCCN)c7)NC(=O)[C@@H]7C[C@@H](O)CN7C(=O)[C@H]([C@@H](C)O)NC6=O)cc5)cc4)CC3)cc2)C[C@H](C)O1. The molecule has 7 amide bonds. The minimum atomic E-state index is -2.04. The number of aromatic hydroxyl groups is 1. The number of hydrogen-bond acceptors (Lipinski definition) is 21. The Labute approximate surface area is 545 Å². The third-order valence-corrected chi connectivity index (χ3v) is 18.0. The van der Waals surface area contributed by atoms with Gasteiger partial charge < -0.3 is 108 Å². The minimum absolute atomic E-state index is 0.00243. The van der Waals surface area contributed by atoms with Crippen LogP contribution in [0.15, 0.2) is 91.0 Å². The van der Waals surface area contributed by atoms with Crippen molar-refractivity contribution in [1.29, 1.82) is 0 Å². The van der Waals surface area contributed by atoms with E-state index in [4.69, 9.17) is 20.9 Å². The maximum absolute atomic E-state index is 14.7. The minimum Gasteiger partial charge on any atom is -0.504 e. The Morgan fingerprint density at radius 3 is 1.80 bits per heavy atom. The Hall–Kier alpha value is -8.19. The molecule has 15 atom stereocenters. The van der Waals surface area contributed by atoms with Crippen molar-refractivity contribution in [2.75, 3.05) is 93.3 Å². The van der Waals surface area contributed by atoms with Crippen molar-refractivity contribution >= 4 is 58.4 Å². The molecule has 94 heavy (non-hydrogen) atoms. The molecule has 4 aromatic carbocycles. The molecule has 0 saturated carbocycles. The van der Waals surface area contributed by atoms with E-state index in [2.05, 4.69) is 79.4 Å². The van der Waals surface area contributed by atoms with Gasteiger partial charge in [-0.05, 0) is 111 Å². The molecule has 5 aliphatic heterocycles. The van der Waals surface area contributed by atoms with E-state index in [9.17, 15) is 69.3 Å². The number of phenolic OH excluding ortho intramolecular Hbond substituents is 1. The van der Waals surface area contributed by atoms with Crippen molar-refractivity contribution in [2.24, 2.45) is 17.4 Å². The Morgan fingerprint density at radius 2 is 1.20 bits per heavy atom. The number of aliphatic hydroxyl groups excluding tert-OH is 6. The number of morpholine rings is 1. The fraction of sp³-hybridized carbons (Fsp3) is 0.530. The van der Waals surface area contributed by atoms with Crippen LogP contribution in [0.2, 0.25) is 0 Å². The molecule has 510 valence electrons. The molecule has 28 heteroatoms. The average Bonchev–Trinajstić information content (AvgIpc) is 1.58. The smallest absolute Gasteiger partial charge is 0.251 e. The van der Waals surface area contributed by atoms with Gasteiger partial charge in [0.15, 0.2) is 11.5 Å². The van der Waals surface area contributed by atoms with Gasteiger partial charge in [0.05, 0.1) is 48.8 Å². The predicted octanol–water partition coefficient (Wildman–Crippen LogP) is -2.37. The lowest BCUT2D eigenvalue weighted by Crippen LogP contribution is -2.64. The zero-order chi connectivity index (χ0) is 67.7. The third kappa shape index (κ3) is 16.8. The highest BCUT2D eigenvalue weighted by Gasteiger charge is 2.50. The number of rotatable bonds is 16. The molecule has 5 aliphatic rings. The standard InChI is InChI=1S/C66H90N12O16/c1-36-32-78-58(59(36)85)64(90)69-31-47(80)29-49(70-60(86)43-8-6-41(7-9-43)42-10-12-44(13-11-42)74-22-24-75(25-23-74)45-14-16-46(17-15-45)76-33-37(2)94-38(3)34-76)61(87)71-55(39(4)79)65(91)77-35-48(81)30-50(77)62(88)72-56(63(89)73-57(66(78)92)52(83)19-20-67)53(84)27-40-5-18-51(82)54(28-40)93-26-21-68/h5-18,28,36-39,47-50,52-53,55-59,79-85H,19-27,29-35,67-68H2,1-4H3,(H,69,90)(H,70,86)(H,71,87)(H,72,88)(H,73,89)/t36-,37-,38+,39+,47+,48+,49?,50-,52+,53+,55-,56-,57-,58-,59-/m0/s1. The molecule has 4 aromatic rings. The highest BCUT2D eigenvalue weighted by Crippen LogP contribution is 2.32. The summed E-state index contributed by atoms with van der Waals surface area (Å²) in [5.74, 6) is -8.54. The Morgan fingerprint density at radius 1 is 0.638 bits per heavy atom. The molecule has 5 fully saturated rings. The van der Waals surface area contributed by atoms with E-state index in [1.54, 1.807) is 19.1 Å². The lowest BCUT2D eigenvalue weighted by atomic mass is 9.98. The van der Waals surface area contributed by atoms with Crippen LogP contribution >= 0.6 is 0 Å². The number of benzene rings is 4. The van der Waals surface area contributed by atoms with E-state index < -0.39 is 152 Å². The summed E-state index contributed by atoms with van der Waals surface area (Å²) in [4.78, 5) is 111. The maximum Gasteiger partial charge on any atom is 0.251 e. The van der Waals surface area contributed by atoms with E-state index in [0.717, 1.165) is 65.9 Å². The van der Waals surface area contributed by atoms with E-state index in [0.29, 0.717) is 0 Å². The summed E-state index contributed by atoms with van der Waals surface area (Å²) in [5.41, 5.74) is 16.8. The molecule has 28 nitrogen and oxygen atoms in total. The summed E-state index contributed by atoms with van der Waals surface area (Å²) in [7, 11) is 0. The van der Waals surface area contributed by atoms with Crippen molar-refractivity contribution in [2.45, 2.75) is 138 Å². The zero-order valence-electron chi connectivity index (χ0n) is 53.3. The van der Waals surface area contributed by atoms with E-state index in [1.165, 1.54) is 48.6 Å². The summed E-state index contributed by atoms with van der Waals surface area (Å²) in [5, 5.41) is 91.6. The van der Waals surface area contributed by atoms with Gasteiger partial charge in [-0.2, -0.15) is 0 Å². The summed E-state index contributed by atoms with van der Waals surface area (Å²) < 4.78 is 11.4. The largest absolute Gasteiger partial charge is 0.504 e. The summed E-state index contributed by atoms with van der Waals surface area (Å²) in [6.07, 6.45) is -11.4. The second-order valence-corrected chi connectivity index (χ2v) is 25.3. The maximum atomic E-state index is 14.7. The van der Waals surface area contributed by atoms with Crippen molar-refractivity contribution in [3.63, 3.8) is 0 Å². The molecular weight excluding hydrogens is 1220 g/mol.